The number of esters is 1. The predicted molar refractivity (Wildman–Crippen MR) is 190 cm³/mol. The summed E-state index contributed by atoms with van der Waals surface area (Å²) in [5, 5.41) is 38.4. The third-order valence-electron chi connectivity index (χ3n) is 13.6. The maximum Gasteiger partial charge on any atom is 0.338 e. The number of benzene rings is 3. The Morgan fingerprint density at radius 3 is 2.08 bits per heavy atom. The molecule has 0 spiro atoms. The first-order chi connectivity index (χ1) is 25.0. The molecular formula is C43H46O9. The molecule has 9 heteroatoms. The van der Waals surface area contributed by atoms with Gasteiger partial charge in [-0.25, -0.2) is 4.79 Å². The minimum absolute atomic E-state index is 0.0883. The number of ether oxygens (including phenoxy) is 5. The lowest BCUT2D eigenvalue weighted by Gasteiger charge is -2.58. The fourth-order valence-corrected chi connectivity index (χ4v) is 10.8. The second-order valence-corrected chi connectivity index (χ2v) is 15.8. The zero-order chi connectivity index (χ0) is 36.2. The molecule has 3 heterocycles. The van der Waals surface area contributed by atoms with E-state index in [0.717, 1.165) is 22.3 Å². The Hall–Kier alpha value is -3.67. The Morgan fingerprint density at radius 2 is 1.44 bits per heavy atom. The Kier molecular flexibility index (Phi) is 7.99. The molecule has 0 aromatic heterocycles. The minimum Gasteiger partial charge on any atom is -0.459 e. The van der Waals surface area contributed by atoms with E-state index < -0.39 is 71.4 Å². The molecule has 3 aliphatic heterocycles. The smallest absolute Gasteiger partial charge is 0.338 e. The van der Waals surface area contributed by atoms with Gasteiger partial charge in [0.15, 0.2) is 5.60 Å². The molecule has 52 heavy (non-hydrogen) atoms. The maximum atomic E-state index is 13.3. The Bertz CT molecular complexity index is 1870. The van der Waals surface area contributed by atoms with Gasteiger partial charge in [0.1, 0.15) is 24.4 Å². The van der Waals surface area contributed by atoms with Crippen LogP contribution >= 0.6 is 0 Å². The Labute approximate surface area is 303 Å². The summed E-state index contributed by atoms with van der Waals surface area (Å²) in [7, 11) is 0. The topological polar surface area (TPSA) is 127 Å². The number of aliphatic hydroxyl groups is 3. The highest BCUT2D eigenvalue weighted by Crippen LogP contribution is 2.71. The molecule has 3 aliphatic carbocycles. The van der Waals surface area contributed by atoms with Crippen molar-refractivity contribution in [3.8, 4) is 0 Å². The van der Waals surface area contributed by atoms with Crippen LogP contribution in [0, 0.1) is 23.7 Å². The van der Waals surface area contributed by atoms with E-state index in [1.807, 2.05) is 61.5 Å². The van der Waals surface area contributed by atoms with Crippen LogP contribution in [0.2, 0.25) is 0 Å². The minimum atomic E-state index is -2.16. The summed E-state index contributed by atoms with van der Waals surface area (Å²) in [4.78, 5) is 13.3. The van der Waals surface area contributed by atoms with Crippen LogP contribution in [0.5, 0.6) is 0 Å². The second kappa shape index (κ2) is 12.2. The second-order valence-electron chi connectivity index (χ2n) is 15.8. The lowest BCUT2D eigenvalue weighted by molar-refractivity contribution is -0.369. The first-order valence-electron chi connectivity index (χ1n) is 18.5. The van der Waals surface area contributed by atoms with E-state index in [1.54, 1.807) is 24.3 Å². The highest BCUT2D eigenvalue weighted by molar-refractivity contribution is 5.89. The fraction of sp³-hybridized carbons (Fsp3) is 0.465. The Morgan fingerprint density at radius 1 is 0.846 bits per heavy atom. The number of carbonyl (C=O) groups is 1. The quantitative estimate of drug-likeness (QED) is 0.155. The van der Waals surface area contributed by atoms with E-state index in [1.165, 1.54) is 0 Å². The van der Waals surface area contributed by atoms with Crippen LogP contribution < -0.4 is 0 Å². The third kappa shape index (κ3) is 4.70. The van der Waals surface area contributed by atoms with Gasteiger partial charge in [-0.05, 0) is 36.1 Å². The molecule has 3 aromatic carbocycles. The molecule has 9 nitrogen and oxygen atoms in total. The summed E-state index contributed by atoms with van der Waals surface area (Å²) >= 11 is 0. The van der Waals surface area contributed by atoms with Gasteiger partial charge in [-0.2, -0.15) is 0 Å². The molecule has 3 aromatic rings. The van der Waals surface area contributed by atoms with Crippen molar-refractivity contribution in [3.05, 3.63) is 132 Å². The lowest BCUT2D eigenvalue weighted by atomic mass is 9.54. The Balaban J connectivity index is 1.17. The van der Waals surface area contributed by atoms with Gasteiger partial charge in [0, 0.05) is 35.5 Å². The summed E-state index contributed by atoms with van der Waals surface area (Å²) < 4.78 is 32.2. The normalized spacial score (nSPS) is 41.9. The lowest BCUT2D eigenvalue weighted by Crippen LogP contribution is -2.70. The largest absolute Gasteiger partial charge is 0.459 e. The van der Waals surface area contributed by atoms with Crippen LogP contribution in [0.25, 0.3) is 0 Å². The van der Waals surface area contributed by atoms with Crippen LogP contribution in [0.1, 0.15) is 60.0 Å². The summed E-state index contributed by atoms with van der Waals surface area (Å²) in [6.45, 7) is 12.0. The zero-order valence-electron chi connectivity index (χ0n) is 29.4. The van der Waals surface area contributed by atoms with Gasteiger partial charge in [-0.15, -0.1) is 0 Å². The number of rotatable bonds is 9. The van der Waals surface area contributed by atoms with E-state index in [9.17, 15) is 20.1 Å². The van der Waals surface area contributed by atoms with Crippen molar-refractivity contribution in [1.29, 1.82) is 0 Å². The number of hydrogen-bond donors (Lipinski definition) is 3. The van der Waals surface area contributed by atoms with Crippen molar-refractivity contribution in [3.63, 3.8) is 0 Å². The van der Waals surface area contributed by atoms with E-state index >= 15 is 0 Å². The first kappa shape index (κ1) is 34.1. The van der Waals surface area contributed by atoms with Crippen molar-refractivity contribution in [2.75, 3.05) is 6.61 Å². The van der Waals surface area contributed by atoms with E-state index in [4.69, 9.17) is 30.3 Å². The molecule has 272 valence electrons. The van der Waals surface area contributed by atoms with Crippen LogP contribution in [0.3, 0.4) is 0 Å². The number of epoxide rings is 1. The van der Waals surface area contributed by atoms with Crippen LogP contribution in [0.15, 0.2) is 115 Å². The SMILES string of the molecule is C=C(C(C)c1ccccc1)[C@H]1C[C@H]2O[C@H]3O[C@@H]2C2[C@@H]4O[C@]4(COC(=O)c4ccccc4)[C@@H](O)[C@@]4(O)C(C[C@@H](C(=C)C(C)c5ccccc5)[C@@H]4O)[C@]21O3. The molecule has 3 bridgehead atoms. The molecule has 0 amide bonds. The third-order valence-corrected chi connectivity index (χ3v) is 13.6. The molecule has 6 fully saturated rings. The molecule has 3 N–H and O–H groups in total. The van der Waals surface area contributed by atoms with Crippen molar-refractivity contribution >= 4 is 5.97 Å². The molecule has 9 rings (SSSR count). The number of carbonyl (C=O) groups excluding carboxylic acids is 1. The summed E-state index contributed by atoms with van der Waals surface area (Å²) in [6, 6.07) is 28.7. The predicted octanol–water partition coefficient (Wildman–Crippen LogP) is 5.28. The molecule has 3 saturated heterocycles. The summed E-state index contributed by atoms with van der Waals surface area (Å²) in [6.07, 6.45) is -3.89. The first-order valence-corrected chi connectivity index (χ1v) is 18.5. The molecule has 3 saturated carbocycles. The molecule has 4 unspecified atom stereocenters. The highest BCUT2D eigenvalue weighted by atomic mass is 16.9. The van der Waals surface area contributed by atoms with Gasteiger partial charge in [-0.3, -0.25) is 0 Å². The van der Waals surface area contributed by atoms with Crippen LogP contribution in [-0.2, 0) is 23.7 Å². The molecular weight excluding hydrogens is 660 g/mol. The van der Waals surface area contributed by atoms with Gasteiger partial charge >= 0.3 is 5.97 Å². The van der Waals surface area contributed by atoms with Crippen LogP contribution in [0.4, 0.5) is 0 Å². The van der Waals surface area contributed by atoms with Crippen molar-refractivity contribution < 1.29 is 43.8 Å². The molecule has 15 atom stereocenters. The van der Waals surface area contributed by atoms with Gasteiger partial charge in [0.05, 0.1) is 29.5 Å². The average Bonchev–Trinajstić information content (AvgIpc) is 3.77. The maximum absolute atomic E-state index is 13.3. The highest BCUT2D eigenvalue weighted by Gasteiger charge is 2.86. The average molecular weight is 707 g/mol. The van der Waals surface area contributed by atoms with E-state index in [0.29, 0.717) is 12.0 Å². The van der Waals surface area contributed by atoms with Gasteiger partial charge in [0.2, 0.25) is 0 Å². The summed E-state index contributed by atoms with van der Waals surface area (Å²) in [5.74, 6) is -3.18. The van der Waals surface area contributed by atoms with Crippen molar-refractivity contribution in [2.45, 2.75) is 92.3 Å². The zero-order valence-corrected chi connectivity index (χ0v) is 29.4. The van der Waals surface area contributed by atoms with E-state index in [-0.39, 0.29) is 36.9 Å². The number of hydrogen-bond acceptors (Lipinski definition) is 9. The van der Waals surface area contributed by atoms with Gasteiger partial charge in [-0.1, -0.05) is 117 Å². The number of fused-ring (bicyclic) bond motifs is 3. The van der Waals surface area contributed by atoms with Crippen molar-refractivity contribution in [2.24, 2.45) is 23.7 Å². The number of aliphatic hydroxyl groups excluding tert-OH is 2. The standard InChI is InChI=1S/C43H46O9/c1-23(27-14-8-5-9-15-27)25(3)30-20-33-42(47,36(30)44)39(46)41(22-48-38(45)29-18-12-7-13-19-29)37(51-41)34-35-32-21-31(43(33,34)52-40(49-32)50-35)26(4)24(2)28-16-10-6-11-17-28/h5-19,23-24,30-37,39-40,44,46-47H,3-4,20-22H2,1-2H3/t23?,24?,30-,31+,32+,33?,34?,35-,36-,37-,39+,40-,41-,42+,43-/m0/s1. The van der Waals surface area contributed by atoms with E-state index in [2.05, 4.69) is 25.6 Å². The van der Waals surface area contributed by atoms with Crippen LogP contribution in [-0.4, -0.2) is 81.7 Å². The monoisotopic (exact) mass is 706 g/mol. The van der Waals surface area contributed by atoms with Gasteiger partial charge in [0.25, 0.3) is 6.48 Å². The summed E-state index contributed by atoms with van der Waals surface area (Å²) in [5.41, 5.74) is -0.825. The fourth-order valence-electron chi connectivity index (χ4n) is 10.8. The molecule has 6 aliphatic rings. The molecule has 0 radical (unpaired) electrons. The van der Waals surface area contributed by atoms with Gasteiger partial charge < -0.3 is 39.0 Å². The van der Waals surface area contributed by atoms with Crippen molar-refractivity contribution in [1.82, 2.24) is 0 Å².